The molecule has 1 amide bonds. The molecule has 1 heterocycles. The van der Waals surface area contributed by atoms with Gasteiger partial charge in [0, 0.05) is 7.05 Å². The standard InChI is InChI=1S/C24H25N3O2/c1-16-22(17(2)27(25-16)19-12-5-4-6-13-19)23(28)24(29)26(3)21-15-9-11-18-10-7-8-14-20(18)21/h4-8,10,12-14,21H,9,11,15H2,1-3H3/t21-/m0/s1. The molecule has 0 fully saturated rings. The summed E-state index contributed by atoms with van der Waals surface area (Å²) in [6, 6.07) is 17.8. The molecule has 4 rings (SSSR count). The minimum Gasteiger partial charge on any atom is -0.332 e. The molecule has 0 saturated carbocycles. The van der Waals surface area contributed by atoms with E-state index in [0.717, 1.165) is 30.5 Å². The van der Waals surface area contributed by atoms with Gasteiger partial charge in [0.2, 0.25) is 0 Å². The summed E-state index contributed by atoms with van der Waals surface area (Å²) in [5, 5.41) is 4.52. The number of nitrogens with zero attached hydrogens (tertiary/aromatic N) is 3. The van der Waals surface area contributed by atoms with Crippen LogP contribution in [0, 0.1) is 13.8 Å². The summed E-state index contributed by atoms with van der Waals surface area (Å²) >= 11 is 0. The number of aromatic nitrogens is 2. The molecule has 5 nitrogen and oxygen atoms in total. The number of carbonyl (C=O) groups excluding carboxylic acids is 2. The highest BCUT2D eigenvalue weighted by Gasteiger charge is 2.32. The second-order valence-electron chi connectivity index (χ2n) is 7.65. The van der Waals surface area contributed by atoms with Crippen LogP contribution in [0.15, 0.2) is 54.6 Å². The lowest BCUT2D eigenvalue weighted by Crippen LogP contribution is -2.38. The minimum absolute atomic E-state index is 0.0684. The van der Waals surface area contributed by atoms with E-state index in [1.807, 2.05) is 49.4 Å². The van der Waals surface area contributed by atoms with E-state index in [1.54, 1.807) is 23.6 Å². The predicted molar refractivity (Wildman–Crippen MR) is 112 cm³/mol. The molecule has 0 spiro atoms. The van der Waals surface area contributed by atoms with Gasteiger partial charge < -0.3 is 4.90 Å². The fourth-order valence-corrected chi connectivity index (χ4v) is 4.33. The quantitative estimate of drug-likeness (QED) is 0.498. The number of Topliss-reactive ketones (excluding diaryl/α,β-unsaturated/α-hetero) is 1. The third-order valence-corrected chi connectivity index (χ3v) is 5.84. The van der Waals surface area contributed by atoms with Gasteiger partial charge in [-0.3, -0.25) is 9.59 Å². The maximum atomic E-state index is 13.2. The smallest absolute Gasteiger partial charge is 0.295 e. The second kappa shape index (κ2) is 7.66. The van der Waals surface area contributed by atoms with Gasteiger partial charge in [-0.2, -0.15) is 5.10 Å². The Morgan fingerprint density at radius 2 is 1.72 bits per heavy atom. The van der Waals surface area contributed by atoms with Gasteiger partial charge in [0.15, 0.2) is 0 Å². The first-order valence-electron chi connectivity index (χ1n) is 10.00. The predicted octanol–water partition coefficient (Wildman–Crippen LogP) is 4.21. The SMILES string of the molecule is Cc1nn(-c2ccccc2)c(C)c1C(=O)C(=O)N(C)[C@H]1CCCc2ccccc21. The van der Waals surface area contributed by atoms with Crippen molar-refractivity contribution in [2.45, 2.75) is 39.2 Å². The first-order valence-corrected chi connectivity index (χ1v) is 10.00. The van der Waals surface area contributed by atoms with Crippen molar-refractivity contribution in [2.24, 2.45) is 0 Å². The molecule has 0 N–H and O–H groups in total. The number of likely N-dealkylation sites (N-methyl/N-ethyl adjacent to an activating group) is 1. The molecule has 0 radical (unpaired) electrons. The van der Waals surface area contributed by atoms with Crippen LogP contribution in [0.3, 0.4) is 0 Å². The third-order valence-electron chi connectivity index (χ3n) is 5.84. The van der Waals surface area contributed by atoms with Crippen LogP contribution in [-0.2, 0) is 11.2 Å². The van der Waals surface area contributed by atoms with Gasteiger partial charge in [-0.15, -0.1) is 0 Å². The number of aryl methyl sites for hydroxylation is 2. The van der Waals surface area contributed by atoms with Gasteiger partial charge in [0.25, 0.3) is 11.7 Å². The Labute approximate surface area is 171 Å². The minimum atomic E-state index is -0.493. The maximum Gasteiger partial charge on any atom is 0.295 e. The highest BCUT2D eigenvalue weighted by atomic mass is 16.2. The highest BCUT2D eigenvalue weighted by molar-refractivity contribution is 6.43. The lowest BCUT2D eigenvalue weighted by atomic mass is 9.87. The van der Waals surface area contributed by atoms with Gasteiger partial charge in [0.05, 0.1) is 28.7 Å². The summed E-state index contributed by atoms with van der Waals surface area (Å²) in [5.74, 6) is -0.974. The van der Waals surface area contributed by atoms with E-state index in [2.05, 4.69) is 17.2 Å². The van der Waals surface area contributed by atoms with Crippen LogP contribution in [0.25, 0.3) is 5.69 Å². The third kappa shape index (κ3) is 3.37. The number of carbonyl (C=O) groups is 2. The molecular weight excluding hydrogens is 362 g/mol. The van der Waals surface area contributed by atoms with Crippen molar-refractivity contribution in [1.29, 1.82) is 0 Å². The molecule has 0 bridgehead atoms. The first kappa shape index (κ1) is 19.1. The Morgan fingerprint density at radius 1 is 1.03 bits per heavy atom. The number of fused-ring (bicyclic) bond motifs is 1. The van der Waals surface area contributed by atoms with Crippen molar-refractivity contribution in [1.82, 2.24) is 14.7 Å². The zero-order valence-corrected chi connectivity index (χ0v) is 17.1. The van der Waals surface area contributed by atoms with Gasteiger partial charge >= 0.3 is 0 Å². The molecule has 0 aliphatic heterocycles. The Bertz CT molecular complexity index is 1070. The number of benzene rings is 2. The molecule has 0 unspecified atom stereocenters. The van der Waals surface area contributed by atoms with Crippen molar-refractivity contribution in [2.75, 3.05) is 7.05 Å². The van der Waals surface area contributed by atoms with Gasteiger partial charge in [0.1, 0.15) is 0 Å². The molecule has 0 saturated heterocycles. The van der Waals surface area contributed by atoms with Crippen LogP contribution in [0.4, 0.5) is 0 Å². The lowest BCUT2D eigenvalue weighted by Gasteiger charge is -2.33. The number of rotatable bonds is 4. The molecular formula is C24H25N3O2. The molecule has 29 heavy (non-hydrogen) atoms. The van der Waals surface area contributed by atoms with Crippen molar-refractivity contribution < 1.29 is 9.59 Å². The highest BCUT2D eigenvalue weighted by Crippen LogP contribution is 2.34. The van der Waals surface area contributed by atoms with Crippen LogP contribution < -0.4 is 0 Å². The number of hydrogen-bond donors (Lipinski definition) is 0. The number of hydrogen-bond acceptors (Lipinski definition) is 3. The molecule has 5 heteroatoms. The summed E-state index contributed by atoms with van der Waals surface area (Å²) in [4.78, 5) is 27.9. The second-order valence-corrected chi connectivity index (χ2v) is 7.65. The molecule has 148 valence electrons. The van der Waals surface area contributed by atoms with Crippen LogP contribution in [0.1, 0.15) is 51.8 Å². The first-order chi connectivity index (χ1) is 14.0. The summed E-state index contributed by atoms with van der Waals surface area (Å²) in [6.45, 7) is 3.62. The average molecular weight is 387 g/mol. The van der Waals surface area contributed by atoms with E-state index in [-0.39, 0.29) is 6.04 Å². The van der Waals surface area contributed by atoms with Crippen molar-refractivity contribution in [3.8, 4) is 5.69 Å². The van der Waals surface area contributed by atoms with E-state index in [1.165, 1.54) is 5.56 Å². The van der Waals surface area contributed by atoms with Crippen molar-refractivity contribution in [3.63, 3.8) is 0 Å². The average Bonchev–Trinajstić information content (AvgIpc) is 3.06. The van der Waals surface area contributed by atoms with Crippen molar-refractivity contribution >= 4 is 11.7 Å². The number of amides is 1. The molecule has 1 aliphatic rings. The normalized spacial score (nSPS) is 15.6. The topological polar surface area (TPSA) is 55.2 Å². The lowest BCUT2D eigenvalue weighted by molar-refractivity contribution is -0.127. The largest absolute Gasteiger partial charge is 0.332 e. The van der Waals surface area contributed by atoms with Crippen molar-refractivity contribution in [3.05, 3.63) is 82.7 Å². The molecule has 3 aromatic rings. The zero-order chi connectivity index (χ0) is 20.5. The fraction of sp³-hybridized carbons (Fsp3) is 0.292. The maximum absolute atomic E-state index is 13.2. The number of para-hydroxylation sites is 1. The zero-order valence-electron chi connectivity index (χ0n) is 17.1. The fourth-order valence-electron chi connectivity index (χ4n) is 4.33. The Morgan fingerprint density at radius 3 is 2.48 bits per heavy atom. The van der Waals surface area contributed by atoms with E-state index >= 15 is 0 Å². The molecule has 1 aromatic heterocycles. The molecule has 1 atom stereocenters. The van der Waals surface area contributed by atoms with E-state index in [0.29, 0.717) is 17.0 Å². The number of ketones is 1. The monoisotopic (exact) mass is 387 g/mol. The summed E-state index contributed by atoms with van der Waals surface area (Å²) in [7, 11) is 1.74. The Hall–Kier alpha value is -3.21. The molecule has 1 aliphatic carbocycles. The van der Waals surface area contributed by atoms with Gasteiger partial charge in [-0.1, -0.05) is 42.5 Å². The van der Waals surface area contributed by atoms with E-state index in [4.69, 9.17) is 0 Å². The molecule has 2 aromatic carbocycles. The van der Waals surface area contributed by atoms with E-state index in [9.17, 15) is 9.59 Å². The van der Waals surface area contributed by atoms with E-state index < -0.39 is 11.7 Å². The Balaban J connectivity index is 1.64. The van der Waals surface area contributed by atoms with Crippen LogP contribution in [0.2, 0.25) is 0 Å². The van der Waals surface area contributed by atoms with Crippen LogP contribution in [-0.4, -0.2) is 33.4 Å². The van der Waals surface area contributed by atoms with Crippen LogP contribution in [0.5, 0.6) is 0 Å². The van der Waals surface area contributed by atoms with Crippen LogP contribution >= 0.6 is 0 Å². The summed E-state index contributed by atoms with van der Waals surface area (Å²) in [6.07, 6.45) is 2.90. The summed E-state index contributed by atoms with van der Waals surface area (Å²) < 4.78 is 1.73. The van der Waals surface area contributed by atoms with Gasteiger partial charge in [-0.25, -0.2) is 4.68 Å². The summed E-state index contributed by atoms with van der Waals surface area (Å²) in [5.41, 5.74) is 4.94. The van der Waals surface area contributed by atoms with Gasteiger partial charge in [-0.05, 0) is 56.4 Å². The Kier molecular flexibility index (Phi) is 5.05.